The maximum atomic E-state index is 13.2. The first kappa shape index (κ1) is 19.4. The second-order valence-electron chi connectivity index (χ2n) is 7.25. The third-order valence-corrected chi connectivity index (χ3v) is 6.32. The zero-order chi connectivity index (χ0) is 21.4. The molecule has 0 fully saturated rings. The van der Waals surface area contributed by atoms with Crippen molar-refractivity contribution in [3.05, 3.63) is 94.8 Å². The Morgan fingerprint density at radius 1 is 1.10 bits per heavy atom. The van der Waals surface area contributed by atoms with Crippen LogP contribution in [0.15, 0.2) is 87.5 Å². The number of nitrogens with one attached hydrogen (secondary N) is 1. The molecule has 5 rings (SSSR count). The summed E-state index contributed by atoms with van der Waals surface area (Å²) in [5.74, 6) is 0.631. The van der Waals surface area contributed by atoms with Gasteiger partial charge in [-0.05, 0) is 37.3 Å². The van der Waals surface area contributed by atoms with Crippen LogP contribution in [-0.4, -0.2) is 25.6 Å². The van der Waals surface area contributed by atoms with Crippen molar-refractivity contribution in [3.8, 4) is 0 Å². The van der Waals surface area contributed by atoms with E-state index in [1.54, 1.807) is 29.2 Å². The van der Waals surface area contributed by atoms with Gasteiger partial charge in [-0.15, -0.1) is 0 Å². The average molecular weight is 430 g/mol. The first-order chi connectivity index (χ1) is 15.1. The number of hydrogen-bond acceptors (Lipinski definition) is 5. The summed E-state index contributed by atoms with van der Waals surface area (Å²) in [6.07, 6.45) is 3.32. The van der Waals surface area contributed by atoms with Crippen molar-refractivity contribution in [2.45, 2.75) is 23.9 Å². The standard InChI is InChI=1S/C24H19N3O3S/c1-15(22(28)19-13-25-20-10-4-2-8-17(19)20)31-24-26-21-11-5-3-9-18(21)23(29)27(24)14-16-7-6-12-30-16/h2-13,15,25H,14H2,1H3. The van der Waals surface area contributed by atoms with Crippen molar-refractivity contribution in [2.24, 2.45) is 0 Å². The van der Waals surface area contributed by atoms with E-state index in [1.165, 1.54) is 11.8 Å². The lowest BCUT2D eigenvalue weighted by atomic mass is 10.1. The molecule has 0 spiro atoms. The summed E-state index contributed by atoms with van der Waals surface area (Å²) in [6.45, 7) is 2.09. The average Bonchev–Trinajstić information content (AvgIpc) is 3.46. The lowest BCUT2D eigenvalue weighted by Gasteiger charge is -2.15. The third-order valence-electron chi connectivity index (χ3n) is 5.23. The number of thioether (sulfide) groups is 1. The number of aromatic amines is 1. The number of carbonyl (C=O) groups excluding carboxylic acids is 1. The van der Waals surface area contributed by atoms with Gasteiger partial charge in [0.1, 0.15) is 5.76 Å². The van der Waals surface area contributed by atoms with Gasteiger partial charge >= 0.3 is 0 Å². The molecule has 0 amide bonds. The Morgan fingerprint density at radius 2 is 1.87 bits per heavy atom. The second kappa shape index (κ2) is 7.92. The van der Waals surface area contributed by atoms with E-state index in [4.69, 9.17) is 9.40 Å². The van der Waals surface area contributed by atoms with Crippen molar-refractivity contribution in [1.29, 1.82) is 0 Å². The Morgan fingerprint density at radius 3 is 2.68 bits per heavy atom. The minimum Gasteiger partial charge on any atom is -0.467 e. The molecule has 5 aromatic rings. The van der Waals surface area contributed by atoms with Gasteiger partial charge in [0.25, 0.3) is 5.56 Å². The number of benzene rings is 2. The van der Waals surface area contributed by atoms with Crippen molar-refractivity contribution in [3.63, 3.8) is 0 Å². The van der Waals surface area contributed by atoms with Crippen LogP contribution in [0.2, 0.25) is 0 Å². The van der Waals surface area contributed by atoms with E-state index in [-0.39, 0.29) is 17.9 Å². The molecule has 6 nitrogen and oxygen atoms in total. The van der Waals surface area contributed by atoms with Crippen LogP contribution >= 0.6 is 11.8 Å². The van der Waals surface area contributed by atoms with Crippen LogP contribution in [0.3, 0.4) is 0 Å². The van der Waals surface area contributed by atoms with Crippen LogP contribution in [0.1, 0.15) is 23.0 Å². The molecule has 1 atom stereocenters. The summed E-state index contributed by atoms with van der Waals surface area (Å²) in [5.41, 5.74) is 2.01. The Hall–Kier alpha value is -3.58. The number of fused-ring (bicyclic) bond motifs is 2. The number of nitrogens with zero attached hydrogens (tertiary/aromatic N) is 2. The SMILES string of the molecule is CC(Sc1nc2ccccc2c(=O)n1Cc1ccco1)C(=O)c1c[nH]c2ccccc12. The van der Waals surface area contributed by atoms with Gasteiger partial charge in [-0.1, -0.05) is 42.1 Å². The molecular formula is C24H19N3O3S. The largest absolute Gasteiger partial charge is 0.467 e. The molecule has 3 heterocycles. The van der Waals surface area contributed by atoms with Gasteiger partial charge in [0.15, 0.2) is 10.9 Å². The van der Waals surface area contributed by atoms with Crippen molar-refractivity contribution in [1.82, 2.24) is 14.5 Å². The lowest BCUT2D eigenvalue weighted by Crippen LogP contribution is -2.25. The molecule has 0 saturated carbocycles. The quantitative estimate of drug-likeness (QED) is 0.236. The van der Waals surface area contributed by atoms with Gasteiger partial charge in [0, 0.05) is 22.7 Å². The van der Waals surface area contributed by atoms with Crippen molar-refractivity contribution >= 4 is 39.4 Å². The topological polar surface area (TPSA) is 80.9 Å². The molecule has 0 aliphatic heterocycles. The van der Waals surface area contributed by atoms with E-state index in [0.717, 1.165) is 10.9 Å². The first-order valence-electron chi connectivity index (χ1n) is 9.91. The fourth-order valence-corrected chi connectivity index (χ4v) is 4.62. The number of Topliss-reactive ketones (excluding diaryl/α,β-unsaturated/α-hetero) is 1. The van der Waals surface area contributed by atoms with E-state index < -0.39 is 5.25 Å². The van der Waals surface area contributed by atoms with Crippen molar-refractivity contribution < 1.29 is 9.21 Å². The Balaban J connectivity index is 1.54. The molecule has 0 saturated heterocycles. The highest BCUT2D eigenvalue weighted by Gasteiger charge is 2.23. The number of rotatable bonds is 6. The number of H-pyrrole nitrogens is 1. The number of furan rings is 1. The minimum absolute atomic E-state index is 0.0191. The van der Waals surface area contributed by atoms with Gasteiger partial charge in [-0.25, -0.2) is 4.98 Å². The number of carbonyl (C=O) groups is 1. The molecule has 1 unspecified atom stereocenters. The predicted octanol–water partition coefficient (Wildman–Crippen LogP) is 4.88. The number of hydrogen-bond donors (Lipinski definition) is 1. The second-order valence-corrected chi connectivity index (χ2v) is 8.56. The van der Waals surface area contributed by atoms with Crippen LogP contribution in [-0.2, 0) is 6.54 Å². The van der Waals surface area contributed by atoms with Gasteiger partial charge in [-0.3, -0.25) is 14.2 Å². The molecule has 0 aliphatic carbocycles. The summed E-state index contributed by atoms with van der Waals surface area (Å²) in [5, 5.41) is 1.48. The number of para-hydroxylation sites is 2. The maximum absolute atomic E-state index is 13.2. The van der Waals surface area contributed by atoms with Gasteiger partial charge in [-0.2, -0.15) is 0 Å². The smallest absolute Gasteiger partial charge is 0.262 e. The summed E-state index contributed by atoms with van der Waals surface area (Å²) in [6, 6.07) is 18.5. The number of aromatic nitrogens is 3. The highest BCUT2D eigenvalue weighted by Crippen LogP contribution is 2.28. The minimum atomic E-state index is -0.435. The normalized spacial score (nSPS) is 12.4. The zero-order valence-electron chi connectivity index (χ0n) is 16.7. The molecule has 1 N–H and O–H groups in total. The fraction of sp³-hybridized carbons (Fsp3) is 0.125. The van der Waals surface area contributed by atoms with Crippen LogP contribution in [0.4, 0.5) is 0 Å². The zero-order valence-corrected chi connectivity index (χ0v) is 17.6. The summed E-state index contributed by atoms with van der Waals surface area (Å²) < 4.78 is 7.03. The molecule has 0 bridgehead atoms. The van der Waals surface area contributed by atoms with Gasteiger partial charge in [0.2, 0.25) is 0 Å². The van der Waals surface area contributed by atoms with E-state index >= 15 is 0 Å². The fourth-order valence-electron chi connectivity index (χ4n) is 3.64. The molecule has 7 heteroatoms. The molecular weight excluding hydrogens is 410 g/mol. The molecule has 0 aliphatic rings. The van der Waals surface area contributed by atoms with Gasteiger partial charge in [0.05, 0.1) is 29.0 Å². The maximum Gasteiger partial charge on any atom is 0.262 e. The van der Waals surface area contributed by atoms with Crippen LogP contribution < -0.4 is 5.56 Å². The van der Waals surface area contributed by atoms with E-state index in [2.05, 4.69) is 4.98 Å². The Labute approximate surface area is 181 Å². The van der Waals surface area contributed by atoms with Gasteiger partial charge < -0.3 is 9.40 Å². The van der Waals surface area contributed by atoms with E-state index in [1.807, 2.05) is 55.5 Å². The van der Waals surface area contributed by atoms with E-state index in [9.17, 15) is 9.59 Å². The summed E-state index contributed by atoms with van der Waals surface area (Å²) >= 11 is 1.28. The summed E-state index contributed by atoms with van der Waals surface area (Å²) in [4.78, 5) is 34.3. The van der Waals surface area contributed by atoms with Crippen LogP contribution in [0.25, 0.3) is 21.8 Å². The molecule has 154 valence electrons. The Kier molecular flexibility index (Phi) is 4.95. The highest BCUT2D eigenvalue weighted by molar-refractivity contribution is 8.00. The predicted molar refractivity (Wildman–Crippen MR) is 122 cm³/mol. The van der Waals surface area contributed by atoms with Crippen LogP contribution in [0.5, 0.6) is 0 Å². The van der Waals surface area contributed by atoms with Crippen molar-refractivity contribution in [2.75, 3.05) is 0 Å². The Bertz CT molecular complexity index is 1450. The molecule has 2 aromatic carbocycles. The first-order valence-corrected chi connectivity index (χ1v) is 10.8. The highest BCUT2D eigenvalue weighted by atomic mass is 32.2. The molecule has 31 heavy (non-hydrogen) atoms. The van der Waals surface area contributed by atoms with Crippen LogP contribution in [0, 0.1) is 0 Å². The van der Waals surface area contributed by atoms with E-state index in [0.29, 0.717) is 27.4 Å². The molecule has 3 aromatic heterocycles. The monoisotopic (exact) mass is 429 g/mol. The number of ketones is 1. The molecule has 0 radical (unpaired) electrons. The third kappa shape index (κ3) is 3.57. The summed E-state index contributed by atoms with van der Waals surface area (Å²) in [7, 11) is 0. The lowest BCUT2D eigenvalue weighted by molar-refractivity contribution is 0.0995.